The van der Waals surface area contributed by atoms with Crippen LogP contribution in [0.25, 0.3) is 0 Å². The van der Waals surface area contributed by atoms with Crippen LogP contribution in [-0.2, 0) is 4.79 Å². The van der Waals surface area contributed by atoms with Gasteiger partial charge in [0.05, 0.1) is 5.92 Å². The van der Waals surface area contributed by atoms with E-state index >= 15 is 0 Å². The molecule has 0 aromatic heterocycles. The molecule has 0 spiro atoms. The summed E-state index contributed by atoms with van der Waals surface area (Å²) in [6.45, 7) is 7.38. The molecule has 1 aliphatic rings. The van der Waals surface area contributed by atoms with E-state index in [9.17, 15) is 4.79 Å². The second kappa shape index (κ2) is 5.50. The van der Waals surface area contributed by atoms with Gasteiger partial charge in [-0.2, -0.15) is 0 Å². The van der Waals surface area contributed by atoms with E-state index in [1.54, 1.807) is 0 Å². The maximum atomic E-state index is 12.2. The van der Waals surface area contributed by atoms with Crippen LogP contribution >= 0.6 is 0 Å². The quantitative estimate of drug-likeness (QED) is 0.768. The molecule has 3 nitrogen and oxygen atoms in total. The standard InChI is InChI=1S/C12H24N2O/c1-5-6-9(2)14(4)12(15)11-7-8-13-10(11)3/h9-11,13H,5-8H2,1-4H3. The van der Waals surface area contributed by atoms with Crippen molar-refractivity contribution in [3.05, 3.63) is 0 Å². The Hall–Kier alpha value is -0.570. The molecule has 1 saturated heterocycles. The SMILES string of the molecule is CCCC(C)N(C)C(=O)C1CCNC1C. The molecule has 1 rings (SSSR count). The fourth-order valence-electron chi connectivity index (χ4n) is 2.29. The van der Waals surface area contributed by atoms with E-state index in [2.05, 4.69) is 26.1 Å². The van der Waals surface area contributed by atoms with E-state index in [0.29, 0.717) is 18.0 Å². The Labute approximate surface area is 93.2 Å². The topological polar surface area (TPSA) is 32.3 Å². The lowest BCUT2D eigenvalue weighted by Crippen LogP contribution is -2.42. The Morgan fingerprint density at radius 2 is 2.27 bits per heavy atom. The summed E-state index contributed by atoms with van der Waals surface area (Å²) in [5.41, 5.74) is 0. The maximum Gasteiger partial charge on any atom is 0.227 e. The first-order valence-corrected chi connectivity index (χ1v) is 6.08. The van der Waals surface area contributed by atoms with Gasteiger partial charge in [-0.05, 0) is 33.2 Å². The van der Waals surface area contributed by atoms with Crippen molar-refractivity contribution in [1.82, 2.24) is 10.2 Å². The van der Waals surface area contributed by atoms with Crippen LogP contribution in [0.5, 0.6) is 0 Å². The fourth-order valence-corrected chi connectivity index (χ4v) is 2.29. The summed E-state index contributed by atoms with van der Waals surface area (Å²) in [4.78, 5) is 14.1. The number of rotatable bonds is 4. The number of nitrogens with zero attached hydrogens (tertiary/aromatic N) is 1. The zero-order chi connectivity index (χ0) is 11.4. The Kier molecular flexibility index (Phi) is 4.58. The van der Waals surface area contributed by atoms with Crippen molar-refractivity contribution >= 4 is 5.91 Å². The summed E-state index contributed by atoms with van der Waals surface area (Å²) < 4.78 is 0. The lowest BCUT2D eigenvalue weighted by Gasteiger charge is -2.28. The van der Waals surface area contributed by atoms with Crippen molar-refractivity contribution in [2.24, 2.45) is 5.92 Å². The molecule has 0 radical (unpaired) electrons. The second-order valence-corrected chi connectivity index (χ2v) is 4.72. The van der Waals surface area contributed by atoms with E-state index in [1.807, 2.05) is 11.9 Å². The molecule has 0 bridgehead atoms. The van der Waals surface area contributed by atoms with Gasteiger partial charge in [0.2, 0.25) is 5.91 Å². The number of nitrogens with one attached hydrogen (secondary N) is 1. The molecule has 3 heteroatoms. The summed E-state index contributed by atoms with van der Waals surface area (Å²) >= 11 is 0. The first-order chi connectivity index (χ1) is 7.07. The van der Waals surface area contributed by atoms with Gasteiger partial charge in [0.1, 0.15) is 0 Å². The highest BCUT2D eigenvalue weighted by atomic mass is 16.2. The second-order valence-electron chi connectivity index (χ2n) is 4.72. The summed E-state index contributed by atoms with van der Waals surface area (Å²) in [6, 6.07) is 0.712. The average molecular weight is 212 g/mol. The van der Waals surface area contributed by atoms with Gasteiger partial charge in [-0.25, -0.2) is 0 Å². The van der Waals surface area contributed by atoms with E-state index in [-0.39, 0.29) is 5.92 Å². The van der Waals surface area contributed by atoms with Crippen LogP contribution in [0, 0.1) is 5.92 Å². The fraction of sp³-hybridized carbons (Fsp3) is 0.917. The number of hydrogen-bond donors (Lipinski definition) is 1. The molecular formula is C12H24N2O. The molecule has 1 fully saturated rings. The highest BCUT2D eigenvalue weighted by Gasteiger charge is 2.32. The first kappa shape index (κ1) is 12.5. The maximum absolute atomic E-state index is 12.2. The third-order valence-electron chi connectivity index (χ3n) is 3.56. The third-order valence-corrected chi connectivity index (χ3v) is 3.56. The smallest absolute Gasteiger partial charge is 0.227 e. The Morgan fingerprint density at radius 3 is 2.73 bits per heavy atom. The van der Waals surface area contributed by atoms with E-state index in [1.165, 1.54) is 0 Å². The minimum absolute atomic E-state index is 0.189. The molecule has 0 aliphatic carbocycles. The molecule has 3 atom stereocenters. The predicted octanol–water partition coefficient (Wildman–Crippen LogP) is 1.63. The lowest BCUT2D eigenvalue weighted by atomic mass is 9.99. The van der Waals surface area contributed by atoms with E-state index in [0.717, 1.165) is 25.8 Å². The molecule has 0 saturated carbocycles. The monoisotopic (exact) mass is 212 g/mol. The van der Waals surface area contributed by atoms with Crippen LogP contribution in [-0.4, -0.2) is 36.5 Å². The Morgan fingerprint density at radius 1 is 1.60 bits per heavy atom. The molecular weight excluding hydrogens is 188 g/mol. The van der Waals surface area contributed by atoms with Gasteiger partial charge < -0.3 is 10.2 Å². The molecule has 1 amide bonds. The Bertz CT molecular complexity index is 218. The van der Waals surface area contributed by atoms with Crippen molar-refractivity contribution in [3.63, 3.8) is 0 Å². The zero-order valence-corrected chi connectivity index (χ0v) is 10.4. The van der Waals surface area contributed by atoms with Crippen LogP contribution in [0.2, 0.25) is 0 Å². The summed E-state index contributed by atoms with van der Waals surface area (Å²) in [7, 11) is 1.94. The normalized spacial score (nSPS) is 27.7. The van der Waals surface area contributed by atoms with Crippen molar-refractivity contribution in [1.29, 1.82) is 0 Å². The molecule has 0 aromatic rings. The predicted molar refractivity (Wildman–Crippen MR) is 62.7 cm³/mol. The average Bonchev–Trinajstić information content (AvgIpc) is 2.62. The minimum Gasteiger partial charge on any atom is -0.343 e. The molecule has 15 heavy (non-hydrogen) atoms. The van der Waals surface area contributed by atoms with Crippen molar-refractivity contribution in [2.75, 3.05) is 13.6 Å². The lowest BCUT2D eigenvalue weighted by molar-refractivity contribution is -0.136. The number of amides is 1. The molecule has 1 heterocycles. The zero-order valence-electron chi connectivity index (χ0n) is 10.4. The number of carbonyl (C=O) groups excluding carboxylic acids is 1. The van der Waals surface area contributed by atoms with Crippen molar-refractivity contribution in [3.8, 4) is 0 Å². The van der Waals surface area contributed by atoms with Crippen LogP contribution in [0.3, 0.4) is 0 Å². The number of carbonyl (C=O) groups is 1. The van der Waals surface area contributed by atoms with Gasteiger partial charge in [0.25, 0.3) is 0 Å². The van der Waals surface area contributed by atoms with Gasteiger partial charge in [-0.1, -0.05) is 13.3 Å². The summed E-state index contributed by atoms with van der Waals surface area (Å²) in [5, 5.41) is 3.33. The molecule has 0 aromatic carbocycles. The molecule has 3 unspecified atom stereocenters. The van der Waals surface area contributed by atoms with E-state index in [4.69, 9.17) is 0 Å². The van der Waals surface area contributed by atoms with Crippen molar-refractivity contribution in [2.45, 2.75) is 52.1 Å². The van der Waals surface area contributed by atoms with Gasteiger partial charge >= 0.3 is 0 Å². The molecule has 88 valence electrons. The largest absolute Gasteiger partial charge is 0.343 e. The highest BCUT2D eigenvalue weighted by molar-refractivity contribution is 5.79. The van der Waals surface area contributed by atoms with E-state index < -0.39 is 0 Å². The first-order valence-electron chi connectivity index (χ1n) is 6.08. The number of hydrogen-bond acceptors (Lipinski definition) is 2. The molecule has 1 aliphatic heterocycles. The van der Waals surface area contributed by atoms with Gasteiger partial charge in [0, 0.05) is 19.1 Å². The Balaban J connectivity index is 2.51. The third kappa shape index (κ3) is 2.94. The summed E-state index contributed by atoms with van der Waals surface area (Å²) in [6.07, 6.45) is 3.22. The minimum atomic E-state index is 0.189. The van der Waals surface area contributed by atoms with Crippen LogP contribution in [0.1, 0.15) is 40.0 Å². The van der Waals surface area contributed by atoms with Gasteiger partial charge in [-0.3, -0.25) is 4.79 Å². The van der Waals surface area contributed by atoms with Gasteiger partial charge in [0.15, 0.2) is 0 Å². The van der Waals surface area contributed by atoms with Crippen LogP contribution in [0.15, 0.2) is 0 Å². The summed E-state index contributed by atoms with van der Waals surface area (Å²) in [5.74, 6) is 0.503. The van der Waals surface area contributed by atoms with Crippen molar-refractivity contribution < 1.29 is 4.79 Å². The molecule has 1 N–H and O–H groups in total. The van der Waals surface area contributed by atoms with Gasteiger partial charge in [-0.15, -0.1) is 0 Å². The highest BCUT2D eigenvalue weighted by Crippen LogP contribution is 2.19. The van der Waals surface area contributed by atoms with Crippen LogP contribution < -0.4 is 5.32 Å². The van der Waals surface area contributed by atoms with Crippen LogP contribution in [0.4, 0.5) is 0 Å².